The number of amidine groups is 1. The average molecular weight is 686 g/mol. The quantitative estimate of drug-likeness (QED) is 0.158. The first-order valence-corrected chi connectivity index (χ1v) is 16.3. The molecule has 4 rings (SSSR count). The van der Waals surface area contributed by atoms with E-state index in [1.807, 2.05) is 14.0 Å². The number of hydrogen-bond acceptors (Lipinski definition) is 11. The topological polar surface area (TPSA) is 165 Å². The number of ether oxygens (including phenoxy) is 3. The van der Waals surface area contributed by atoms with Crippen LogP contribution in [-0.4, -0.2) is 87.7 Å². The molecule has 2 aliphatic heterocycles. The van der Waals surface area contributed by atoms with Crippen molar-refractivity contribution in [1.82, 2.24) is 19.8 Å². The molecular weight excluding hydrogens is 640 g/mol. The Bertz CT molecular complexity index is 1590. The first kappa shape index (κ1) is 37.2. The summed E-state index contributed by atoms with van der Waals surface area (Å²) in [5.74, 6) is -2.95. The van der Waals surface area contributed by atoms with Gasteiger partial charge in [0.15, 0.2) is 0 Å². The summed E-state index contributed by atoms with van der Waals surface area (Å²) in [6, 6.07) is 6.24. The van der Waals surface area contributed by atoms with Crippen molar-refractivity contribution in [3.05, 3.63) is 47.3 Å². The van der Waals surface area contributed by atoms with Gasteiger partial charge in [-0.3, -0.25) is 4.90 Å². The van der Waals surface area contributed by atoms with Crippen LogP contribution in [0, 0.1) is 23.0 Å². The van der Waals surface area contributed by atoms with Crippen LogP contribution in [-0.2, 0) is 19.8 Å². The Balaban J connectivity index is 1.57. The zero-order valence-electron chi connectivity index (χ0n) is 29.0. The molecule has 2 aliphatic rings. The summed E-state index contributed by atoms with van der Waals surface area (Å²) in [5, 5.41) is 13.2. The largest absolute Gasteiger partial charge is 0.474 e. The zero-order valence-corrected chi connectivity index (χ0v) is 29.0. The van der Waals surface area contributed by atoms with Gasteiger partial charge >= 0.3 is 12.1 Å². The van der Waals surface area contributed by atoms with Gasteiger partial charge in [-0.1, -0.05) is 11.2 Å². The van der Waals surface area contributed by atoms with E-state index in [2.05, 4.69) is 26.1 Å². The number of oxime groups is 1. The van der Waals surface area contributed by atoms with Gasteiger partial charge in [0, 0.05) is 37.1 Å². The third kappa shape index (κ3) is 9.53. The lowest BCUT2D eigenvalue weighted by Gasteiger charge is -2.38. The number of aromatic nitrogens is 2. The number of piperidine rings is 1. The number of nitrogens with zero attached hydrogens (tertiary/aromatic N) is 6. The number of amides is 1. The van der Waals surface area contributed by atoms with Gasteiger partial charge in [-0.05, 0) is 74.0 Å². The van der Waals surface area contributed by atoms with E-state index in [1.54, 1.807) is 25.7 Å². The third-order valence-corrected chi connectivity index (χ3v) is 8.59. The van der Waals surface area contributed by atoms with Gasteiger partial charge in [0.25, 0.3) is 0 Å². The molecule has 0 bridgehead atoms. The average Bonchev–Trinajstić information content (AvgIpc) is 3.44. The Hall–Kier alpha value is -4.58. The van der Waals surface area contributed by atoms with Gasteiger partial charge in [-0.25, -0.2) is 18.4 Å². The highest BCUT2D eigenvalue weighted by molar-refractivity contribution is 5.94. The SMILES string of the molecule is C[C@H](Oc1cc(O[C@H]2CCN(C(=O)OC(C)(C)C)[C@H](CC#N)C2)nc(C(N)=NOC(=O)C(C)(C)c2ccc(F)cc2F)n1)[C@@H]1CCCN1C. The molecular formula is C34H45F2N7O6. The second kappa shape index (κ2) is 15.3. The van der Waals surface area contributed by atoms with Gasteiger partial charge in [0.1, 0.15) is 29.4 Å². The van der Waals surface area contributed by atoms with E-state index in [9.17, 15) is 23.6 Å². The minimum absolute atomic E-state index is 0.0814. The Kier molecular flexibility index (Phi) is 11.6. The lowest BCUT2D eigenvalue weighted by molar-refractivity contribution is -0.149. The summed E-state index contributed by atoms with van der Waals surface area (Å²) in [5.41, 5.74) is 3.87. The number of hydrogen-bond donors (Lipinski definition) is 1. The lowest BCUT2D eigenvalue weighted by atomic mass is 9.84. The molecule has 13 nitrogen and oxygen atoms in total. The molecule has 3 heterocycles. The Morgan fingerprint density at radius 2 is 1.84 bits per heavy atom. The highest BCUT2D eigenvalue weighted by Gasteiger charge is 2.37. The summed E-state index contributed by atoms with van der Waals surface area (Å²) >= 11 is 0. The maximum absolute atomic E-state index is 14.5. The summed E-state index contributed by atoms with van der Waals surface area (Å²) in [6.07, 6.45) is 1.62. The molecule has 0 spiro atoms. The molecule has 0 aliphatic carbocycles. The third-order valence-electron chi connectivity index (χ3n) is 8.59. The van der Waals surface area contributed by atoms with E-state index >= 15 is 0 Å². The van der Waals surface area contributed by atoms with Crippen molar-refractivity contribution in [3.63, 3.8) is 0 Å². The maximum Gasteiger partial charge on any atom is 0.410 e. The van der Waals surface area contributed by atoms with Crippen LogP contribution >= 0.6 is 0 Å². The number of benzene rings is 1. The van der Waals surface area contributed by atoms with Crippen molar-refractivity contribution in [1.29, 1.82) is 5.26 Å². The van der Waals surface area contributed by atoms with Gasteiger partial charge in [-0.2, -0.15) is 15.2 Å². The molecule has 0 radical (unpaired) electrons. The predicted molar refractivity (Wildman–Crippen MR) is 175 cm³/mol. The van der Waals surface area contributed by atoms with Gasteiger partial charge in [0.2, 0.25) is 23.4 Å². The number of likely N-dealkylation sites (N-methyl/N-ethyl adjacent to an activating group) is 1. The Morgan fingerprint density at radius 1 is 1.12 bits per heavy atom. The van der Waals surface area contributed by atoms with E-state index in [0.29, 0.717) is 25.5 Å². The normalized spacial score (nSPS) is 21.1. The highest BCUT2D eigenvalue weighted by atomic mass is 19.1. The molecule has 0 unspecified atom stereocenters. The minimum atomic E-state index is -1.54. The molecule has 1 amide bonds. The number of nitrogens with two attached hydrogens (primary N) is 1. The van der Waals surface area contributed by atoms with Gasteiger partial charge in [0.05, 0.1) is 30.0 Å². The molecule has 15 heteroatoms. The van der Waals surface area contributed by atoms with Crippen molar-refractivity contribution in [2.45, 2.75) is 109 Å². The molecule has 1 aromatic heterocycles. The van der Waals surface area contributed by atoms with Crippen LogP contribution in [0.2, 0.25) is 0 Å². The smallest absolute Gasteiger partial charge is 0.410 e. The lowest BCUT2D eigenvalue weighted by Crippen LogP contribution is -2.50. The number of carbonyl (C=O) groups excluding carboxylic acids is 2. The fourth-order valence-corrected chi connectivity index (χ4v) is 5.94. The predicted octanol–water partition coefficient (Wildman–Crippen LogP) is 4.82. The van der Waals surface area contributed by atoms with Crippen LogP contribution < -0.4 is 15.2 Å². The van der Waals surface area contributed by atoms with E-state index in [0.717, 1.165) is 31.5 Å². The van der Waals surface area contributed by atoms with Crippen LogP contribution in [0.15, 0.2) is 29.4 Å². The Morgan fingerprint density at radius 3 is 2.47 bits per heavy atom. The zero-order chi connectivity index (χ0) is 36.1. The molecule has 2 N–H and O–H groups in total. The first-order valence-electron chi connectivity index (χ1n) is 16.3. The van der Waals surface area contributed by atoms with Crippen molar-refractivity contribution in [2.24, 2.45) is 10.9 Å². The highest BCUT2D eigenvalue weighted by Crippen LogP contribution is 2.30. The van der Waals surface area contributed by atoms with Crippen molar-refractivity contribution in [3.8, 4) is 17.8 Å². The molecule has 1 aromatic carbocycles. The molecule has 2 saturated heterocycles. The number of rotatable bonds is 10. The van der Waals surface area contributed by atoms with Gasteiger partial charge < -0.3 is 29.7 Å². The number of halogens is 2. The first-order chi connectivity index (χ1) is 23.0. The van der Waals surface area contributed by atoms with Crippen molar-refractivity contribution >= 4 is 17.9 Å². The van der Waals surface area contributed by atoms with Gasteiger partial charge in [-0.15, -0.1) is 0 Å². The van der Waals surface area contributed by atoms with Crippen molar-refractivity contribution < 1.29 is 37.4 Å². The number of likely N-dealkylation sites (tertiary alicyclic amines) is 2. The molecule has 2 aromatic rings. The maximum atomic E-state index is 14.5. The molecule has 0 saturated carbocycles. The molecule has 49 heavy (non-hydrogen) atoms. The summed E-state index contributed by atoms with van der Waals surface area (Å²) in [4.78, 5) is 43.5. The van der Waals surface area contributed by atoms with Crippen molar-refractivity contribution in [2.75, 3.05) is 20.1 Å². The monoisotopic (exact) mass is 685 g/mol. The van der Waals surface area contributed by atoms with E-state index in [-0.39, 0.29) is 47.6 Å². The molecule has 266 valence electrons. The Labute approximate surface area is 285 Å². The van der Waals surface area contributed by atoms with Crippen LogP contribution in [0.25, 0.3) is 0 Å². The summed E-state index contributed by atoms with van der Waals surface area (Å²) in [6.45, 7) is 11.3. The van der Waals surface area contributed by atoms with Crippen LogP contribution in [0.3, 0.4) is 0 Å². The second-order valence-electron chi connectivity index (χ2n) is 13.9. The second-order valence-corrected chi connectivity index (χ2v) is 13.9. The van der Waals surface area contributed by atoms with E-state index in [4.69, 9.17) is 24.8 Å². The number of nitriles is 1. The van der Waals surface area contributed by atoms with Crippen LogP contribution in [0.5, 0.6) is 11.8 Å². The van der Waals surface area contributed by atoms with Crippen LogP contribution in [0.4, 0.5) is 13.6 Å². The van der Waals surface area contributed by atoms with E-state index < -0.39 is 46.9 Å². The molecule has 2 fully saturated rings. The minimum Gasteiger partial charge on any atom is -0.474 e. The fraction of sp³-hybridized carbons (Fsp3) is 0.588. The summed E-state index contributed by atoms with van der Waals surface area (Å²) < 4.78 is 46.0. The molecule has 4 atom stereocenters. The summed E-state index contributed by atoms with van der Waals surface area (Å²) in [7, 11) is 2.02. The number of carbonyl (C=O) groups is 2. The standard InChI is InChI=1S/C34H45F2N7O6/c1-20(26-9-8-15-42(26)7)46-27-19-28(47-23-13-16-43(22(18-23)12-14-37)32(45)48-33(2,3)4)40-30(39-27)29(38)41-49-31(44)34(5,6)24-11-10-21(35)17-25(24)36/h10-11,17,19-20,22-23,26H,8-9,12-13,15-16,18H2,1-7H3,(H2,38,41)/t20-,22+,23-,26-/m0/s1. The van der Waals surface area contributed by atoms with Crippen LogP contribution in [0.1, 0.15) is 85.0 Å². The fourth-order valence-electron chi connectivity index (χ4n) is 5.94. The van der Waals surface area contributed by atoms with E-state index in [1.165, 1.54) is 19.9 Å².